The Hall–Kier alpha value is -2.50. The first kappa shape index (κ1) is 22.5. The maximum atomic E-state index is 12.5. The second-order valence-electron chi connectivity index (χ2n) is 7.29. The van der Waals surface area contributed by atoms with Crippen molar-refractivity contribution >= 4 is 17.8 Å². The number of carbonyl (C=O) groups excluding carboxylic acids is 2. The zero-order chi connectivity index (χ0) is 20.8. The number of ether oxygens (including phenoxy) is 2. The molecule has 0 fully saturated rings. The van der Waals surface area contributed by atoms with E-state index in [0.29, 0.717) is 16.7 Å². The van der Waals surface area contributed by atoms with Gasteiger partial charge in [-0.15, -0.1) is 0 Å². The Morgan fingerprint density at radius 1 is 1.15 bits per heavy atom. The van der Waals surface area contributed by atoms with Gasteiger partial charge in [-0.2, -0.15) is 0 Å². The fourth-order valence-corrected chi connectivity index (χ4v) is 2.75. The second kappa shape index (κ2) is 9.44. The molecule has 6 nitrogen and oxygen atoms in total. The van der Waals surface area contributed by atoms with Gasteiger partial charge in [0.15, 0.2) is 0 Å². The van der Waals surface area contributed by atoms with Gasteiger partial charge in [0.05, 0.1) is 12.7 Å². The van der Waals surface area contributed by atoms with Crippen LogP contribution in [0.25, 0.3) is 5.70 Å². The molecule has 0 radical (unpaired) electrons. The molecule has 1 aromatic carbocycles. The number of rotatable bonds is 7. The van der Waals surface area contributed by atoms with Crippen LogP contribution in [0.1, 0.15) is 56.1 Å². The summed E-state index contributed by atoms with van der Waals surface area (Å²) < 4.78 is 10.4. The van der Waals surface area contributed by atoms with E-state index in [-0.39, 0.29) is 6.54 Å². The number of benzene rings is 1. The first-order valence-electron chi connectivity index (χ1n) is 9.14. The topological polar surface area (TPSA) is 59.1 Å². The standard InChI is InChI=1S/C21H32N2O4/c1-9-23(10-2)15(3)17-13-11-12-16(18(17)19(24)26-8)14-22(7)20(25)27-21(4,5)6/h11-13H,3,9-10,14H2,1-2,4-8H3. The number of methoxy groups -OCH3 is 1. The quantitative estimate of drug-likeness (QED) is 0.669. The highest BCUT2D eigenvalue weighted by molar-refractivity contribution is 5.96. The summed E-state index contributed by atoms with van der Waals surface area (Å²) in [6.45, 7) is 15.4. The largest absolute Gasteiger partial charge is 0.465 e. The average Bonchev–Trinajstić information content (AvgIpc) is 2.60. The van der Waals surface area contributed by atoms with E-state index in [1.165, 1.54) is 12.0 Å². The molecule has 0 N–H and O–H groups in total. The van der Waals surface area contributed by atoms with Gasteiger partial charge in [-0.3, -0.25) is 0 Å². The minimum Gasteiger partial charge on any atom is -0.465 e. The zero-order valence-corrected chi connectivity index (χ0v) is 17.6. The van der Waals surface area contributed by atoms with E-state index in [9.17, 15) is 9.59 Å². The Kier molecular flexibility index (Phi) is 7.88. The lowest BCUT2D eigenvalue weighted by atomic mass is 9.98. The SMILES string of the molecule is C=C(c1cccc(CN(C)C(=O)OC(C)(C)C)c1C(=O)OC)N(CC)CC. The number of esters is 1. The van der Waals surface area contributed by atoms with Crippen LogP contribution in [0.5, 0.6) is 0 Å². The van der Waals surface area contributed by atoms with Crippen molar-refractivity contribution < 1.29 is 19.1 Å². The van der Waals surface area contributed by atoms with E-state index in [1.54, 1.807) is 7.05 Å². The van der Waals surface area contributed by atoms with Gasteiger partial charge in [0, 0.05) is 37.9 Å². The molecular weight excluding hydrogens is 344 g/mol. The Bertz CT molecular complexity index is 688. The van der Waals surface area contributed by atoms with Gasteiger partial charge < -0.3 is 19.3 Å². The molecule has 0 aliphatic carbocycles. The monoisotopic (exact) mass is 376 g/mol. The van der Waals surface area contributed by atoms with Crippen LogP contribution in [0.3, 0.4) is 0 Å². The lowest BCUT2D eigenvalue weighted by Gasteiger charge is -2.27. The van der Waals surface area contributed by atoms with Crippen LogP contribution < -0.4 is 0 Å². The van der Waals surface area contributed by atoms with Crippen molar-refractivity contribution in [3.05, 3.63) is 41.5 Å². The molecule has 0 atom stereocenters. The maximum Gasteiger partial charge on any atom is 0.410 e. The Morgan fingerprint density at radius 2 is 1.74 bits per heavy atom. The highest BCUT2D eigenvalue weighted by Gasteiger charge is 2.24. The van der Waals surface area contributed by atoms with E-state index < -0.39 is 17.7 Å². The molecule has 0 bridgehead atoms. The van der Waals surface area contributed by atoms with E-state index in [2.05, 4.69) is 11.5 Å². The predicted molar refractivity (Wildman–Crippen MR) is 107 cm³/mol. The van der Waals surface area contributed by atoms with E-state index in [0.717, 1.165) is 18.8 Å². The first-order valence-corrected chi connectivity index (χ1v) is 9.14. The third-order valence-electron chi connectivity index (χ3n) is 4.11. The van der Waals surface area contributed by atoms with Crippen molar-refractivity contribution in [3.63, 3.8) is 0 Å². The Morgan fingerprint density at radius 3 is 2.22 bits per heavy atom. The number of amides is 1. The zero-order valence-electron chi connectivity index (χ0n) is 17.6. The smallest absolute Gasteiger partial charge is 0.410 e. The minimum atomic E-state index is -0.588. The maximum absolute atomic E-state index is 12.5. The highest BCUT2D eigenvalue weighted by Crippen LogP contribution is 2.26. The summed E-state index contributed by atoms with van der Waals surface area (Å²) in [4.78, 5) is 28.3. The molecule has 1 amide bonds. The Labute approximate surface area is 162 Å². The van der Waals surface area contributed by atoms with Crippen LogP contribution in [0.4, 0.5) is 4.79 Å². The molecule has 0 spiro atoms. The third-order valence-corrected chi connectivity index (χ3v) is 4.11. The lowest BCUT2D eigenvalue weighted by Crippen LogP contribution is -2.34. The van der Waals surface area contributed by atoms with Crippen molar-refractivity contribution in [2.24, 2.45) is 0 Å². The van der Waals surface area contributed by atoms with E-state index >= 15 is 0 Å². The molecule has 0 aromatic heterocycles. The van der Waals surface area contributed by atoms with E-state index in [4.69, 9.17) is 9.47 Å². The summed E-state index contributed by atoms with van der Waals surface area (Å²) in [5, 5.41) is 0. The minimum absolute atomic E-state index is 0.221. The second-order valence-corrected chi connectivity index (χ2v) is 7.29. The molecule has 0 saturated heterocycles. The number of hydrogen-bond donors (Lipinski definition) is 0. The summed E-state index contributed by atoms with van der Waals surface area (Å²) in [5.41, 5.74) is 1.98. The summed E-state index contributed by atoms with van der Waals surface area (Å²) in [5.74, 6) is -0.452. The predicted octanol–water partition coefficient (Wildman–Crippen LogP) is 4.15. The van der Waals surface area contributed by atoms with Crippen molar-refractivity contribution in [2.45, 2.75) is 46.8 Å². The van der Waals surface area contributed by atoms with Crippen LogP contribution in [0.2, 0.25) is 0 Å². The van der Waals surface area contributed by atoms with Crippen LogP contribution in [-0.4, -0.2) is 54.7 Å². The van der Waals surface area contributed by atoms with Crippen molar-refractivity contribution in [2.75, 3.05) is 27.2 Å². The molecule has 0 aliphatic heterocycles. The van der Waals surface area contributed by atoms with Crippen LogP contribution in [-0.2, 0) is 16.0 Å². The summed E-state index contributed by atoms with van der Waals surface area (Å²) >= 11 is 0. The molecule has 1 aromatic rings. The van der Waals surface area contributed by atoms with Gasteiger partial charge in [0.25, 0.3) is 0 Å². The van der Waals surface area contributed by atoms with Crippen LogP contribution in [0.15, 0.2) is 24.8 Å². The van der Waals surface area contributed by atoms with Gasteiger partial charge in [0.1, 0.15) is 5.60 Å². The van der Waals surface area contributed by atoms with Crippen molar-refractivity contribution in [3.8, 4) is 0 Å². The number of hydrogen-bond acceptors (Lipinski definition) is 5. The molecule has 0 heterocycles. The molecule has 1 rings (SSSR count). The highest BCUT2D eigenvalue weighted by atomic mass is 16.6. The van der Waals surface area contributed by atoms with Gasteiger partial charge in [-0.1, -0.05) is 24.8 Å². The summed E-state index contributed by atoms with van der Waals surface area (Å²) in [6, 6.07) is 5.52. The Balaban J connectivity index is 3.28. The van der Waals surface area contributed by atoms with Gasteiger partial charge in [-0.25, -0.2) is 9.59 Å². The molecule has 6 heteroatoms. The van der Waals surface area contributed by atoms with Crippen molar-refractivity contribution in [1.82, 2.24) is 9.80 Å². The molecule has 0 saturated carbocycles. The fourth-order valence-electron chi connectivity index (χ4n) is 2.75. The fraction of sp³-hybridized carbons (Fsp3) is 0.524. The number of carbonyl (C=O) groups is 2. The number of nitrogens with zero attached hydrogens (tertiary/aromatic N) is 2. The van der Waals surface area contributed by atoms with E-state index in [1.807, 2.05) is 52.8 Å². The molecule has 150 valence electrons. The van der Waals surface area contributed by atoms with Crippen LogP contribution in [0, 0.1) is 0 Å². The third kappa shape index (κ3) is 6.01. The van der Waals surface area contributed by atoms with Gasteiger partial charge in [-0.05, 0) is 40.2 Å². The van der Waals surface area contributed by atoms with Crippen LogP contribution >= 0.6 is 0 Å². The molecule has 27 heavy (non-hydrogen) atoms. The van der Waals surface area contributed by atoms with Gasteiger partial charge >= 0.3 is 12.1 Å². The summed E-state index contributed by atoms with van der Waals surface area (Å²) in [6.07, 6.45) is -0.453. The first-order chi connectivity index (χ1) is 12.6. The normalized spacial score (nSPS) is 10.9. The van der Waals surface area contributed by atoms with Crippen molar-refractivity contribution in [1.29, 1.82) is 0 Å². The average molecular weight is 376 g/mol. The van der Waals surface area contributed by atoms with Gasteiger partial charge in [0.2, 0.25) is 0 Å². The lowest BCUT2D eigenvalue weighted by molar-refractivity contribution is 0.0282. The molecule has 0 aliphatic rings. The molecular formula is C21H32N2O4. The summed E-state index contributed by atoms with van der Waals surface area (Å²) in [7, 11) is 2.99. The molecule has 0 unspecified atom stereocenters.